The summed E-state index contributed by atoms with van der Waals surface area (Å²) in [5, 5.41) is 2.42. The van der Waals surface area contributed by atoms with Gasteiger partial charge in [0.15, 0.2) is 0 Å². The number of nitrogens with zero attached hydrogens (tertiary/aromatic N) is 1. The first-order chi connectivity index (χ1) is 8.13. The molecule has 5 heteroatoms. The molecule has 0 fully saturated rings. The summed E-state index contributed by atoms with van der Waals surface area (Å²) < 4.78 is 4.92. The second-order valence-corrected chi connectivity index (χ2v) is 3.88. The van der Waals surface area contributed by atoms with Crippen LogP contribution in [0.3, 0.4) is 0 Å². The summed E-state index contributed by atoms with van der Waals surface area (Å²) in [5.41, 5.74) is 0.652. The molecule has 0 aliphatic carbocycles. The van der Waals surface area contributed by atoms with Gasteiger partial charge >= 0.3 is 6.09 Å². The molecule has 1 unspecified atom stereocenters. The van der Waals surface area contributed by atoms with Gasteiger partial charge in [-0.15, -0.1) is 0 Å². The Morgan fingerprint density at radius 1 is 1.53 bits per heavy atom. The summed E-state index contributed by atoms with van der Waals surface area (Å²) >= 11 is 0. The first-order valence-corrected chi connectivity index (χ1v) is 5.34. The van der Waals surface area contributed by atoms with Crippen molar-refractivity contribution in [3.8, 4) is 0 Å². The molecule has 17 heavy (non-hydrogen) atoms. The minimum atomic E-state index is -0.647. The molecule has 0 spiro atoms. The number of aromatic nitrogens is 1. The standard InChI is InChI=1S/C12H15N2O3/c1-9(2)11(7-15)14-12(16)17-8-10-5-3-4-6-13-10/h3-6,9,11H,8H2,1-2H3,(H,14,16). The number of alkyl carbamates (subject to hydrolysis) is 1. The van der Waals surface area contributed by atoms with E-state index in [1.54, 1.807) is 30.7 Å². The average molecular weight is 235 g/mol. The van der Waals surface area contributed by atoms with Gasteiger partial charge in [-0.05, 0) is 18.1 Å². The van der Waals surface area contributed by atoms with Crippen LogP contribution < -0.4 is 5.32 Å². The van der Waals surface area contributed by atoms with Gasteiger partial charge in [0.25, 0.3) is 0 Å². The highest BCUT2D eigenvalue weighted by atomic mass is 16.5. The first-order valence-electron chi connectivity index (χ1n) is 5.34. The van der Waals surface area contributed by atoms with Crippen LogP contribution in [0.2, 0.25) is 0 Å². The van der Waals surface area contributed by atoms with Crippen molar-refractivity contribution in [2.75, 3.05) is 0 Å². The molecule has 5 nitrogen and oxygen atoms in total. The van der Waals surface area contributed by atoms with Crippen molar-refractivity contribution >= 4 is 12.4 Å². The van der Waals surface area contributed by atoms with E-state index in [1.807, 2.05) is 13.8 Å². The normalized spacial score (nSPS) is 11.9. The molecule has 1 amide bonds. The van der Waals surface area contributed by atoms with Gasteiger partial charge in [-0.25, -0.2) is 4.79 Å². The predicted octanol–water partition coefficient (Wildman–Crippen LogP) is 1.44. The lowest BCUT2D eigenvalue weighted by Crippen LogP contribution is -2.39. The number of hydrogen-bond acceptors (Lipinski definition) is 4. The van der Waals surface area contributed by atoms with E-state index in [-0.39, 0.29) is 12.5 Å². The molecular weight excluding hydrogens is 220 g/mol. The zero-order valence-electron chi connectivity index (χ0n) is 9.84. The molecule has 1 heterocycles. The van der Waals surface area contributed by atoms with E-state index >= 15 is 0 Å². The monoisotopic (exact) mass is 235 g/mol. The third-order valence-electron chi connectivity index (χ3n) is 2.14. The topological polar surface area (TPSA) is 68.3 Å². The van der Waals surface area contributed by atoms with Gasteiger partial charge in [0.05, 0.1) is 5.69 Å². The molecule has 1 rings (SSSR count). The molecule has 0 aliphatic heterocycles. The zero-order chi connectivity index (χ0) is 12.7. The zero-order valence-corrected chi connectivity index (χ0v) is 9.84. The SMILES string of the molecule is CC(C)C([C]=O)NC(=O)OCc1ccccn1. The molecule has 91 valence electrons. The van der Waals surface area contributed by atoms with E-state index in [4.69, 9.17) is 4.74 Å². The minimum Gasteiger partial charge on any atom is -0.443 e. The fourth-order valence-corrected chi connectivity index (χ4v) is 1.12. The lowest BCUT2D eigenvalue weighted by Gasteiger charge is -2.14. The fourth-order valence-electron chi connectivity index (χ4n) is 1.12. The summed E-state index contributed by atoms with van der Waals surface area (Å²) in [7, 11) is 0. The molecule has 0 aromatic carbocycles. The summed E-state index contributed by atoms with van der Waals surface area (Å²) in [4.78, 5) is 25.9. The van der Waals surface area contributed by atoms with Gasteiger partial charge in [0.1, 0.15) is 12.6 Å². The first kappa shape index (κ1) is 13.2. The maximum Gasteiger partial charge on any atom is 0.408 e. The van der Waals surface area contributed by atoms with E-state index in [0.717, 1.165) is 0 Å². The van der Waals surface area contributed by atoms with Crippen LogP contribution in [-0.2, 0) is 16.1 Å². The van der Waals surface area contributed by atoms with Crippen molar-refractivity contribution in [1.82, 2.24) is 10.3 Å². The predicted molar refractivity (Wildman–Crippen MR) is 61.9 cm³/mol. The molecule has 0 bridgehead atoms. The number of pyridine rings is 1. The van der Waals surface area contributed by atoms with Crippen molar-refractivity contribution in [1.29, 1.82) is 0 Å². The van der Waals surface area contributed by atoms with Crippen molar-refractivity contribution in [2.24, 2.45) is 5.92 Å². The van der Waals surface area contributed by atoms with E-state index in [9.17, 15) is 9.59 Å². The summed E-state index contributed by atoms with van der Waals surface area (Å²) in [6.45, 7) is 3.71. The molecule has 0 saturated heterocycles. The van der Waals surface area contributed by atoms with Crippen LogP contribution in [0.15, 0.2) is 24.4 Å². The molecular formula is C12H15N2O3. The van der Waals surface area contributed by atoms with Crippen LogP contribution in [-0.4, -0.2) is 23.4 Å². The number of nitrogens with one attached hydrogen (secondary N) is 1. The van der Waals surface area contributed by atoms with Gasteiger partial charge in [0, 0.05) is 6.20 Å². The third-order valence-corrected chi connectivity index (χ3v) is 2.14. The molecule has 0 saturated carbocycles. The lowest BCUT2D eigenvalue weighted by atomic mass is 10.1. The quantitative estimate of drug-likeness (QED) is 0.838. The highest BCUT2D eigenvalue weighted by molar-refractivity contribution is 5.73. The Kier molecular flexibility index (Phi) is 5.13. The van der Waals surface area contributed by atoms with Crippen LogP contribution in [0.4, 0.5) is 4.79 Å². The van der Waals surface area contributed by atoms with E-state index in [1.165, 1.54) is 0 Å². The van der Waals surface area contributed by atoms with E-state index < -0.39 is 12.1 Å². The van der Waals surface area contributed by atoms with E-state index in [0.29, 0.717) is 5.69 Å². The maximum absolute atomic E-state index is 11.4. The van der Waals surface area contributed by atoms with Crippen molar-refractivity contribution in [3.63, 3.8) is 0 Å². The van der Waals surface area contributed by atoms with Gasteiger partial charge in [0.2, 0.25) is 6.29 Å². The maximum atomic E-state index is 11.4. The number of ether oxygens (including phenoxy) is 1. The number of hydrogen-bond donors (Lipinski definition) is 1. The summed E-state index contributed by atoms with van der Waals surface area (Å²) in [5.74, 6) is -0.0186. The molecule has 1 aromatic rings. The summed E-state index contributed by atoms with van der Waals surface area (Å²) in [6.07, 6.45) is 2.73. The number of amides is 1. The third kappa shape index (κ3) is 4.63. The fraction of sp³-hybridized carbons (Fsp3) is 0.417. The molecule has 0 aliphatic rings. The molecule has 1 aromatic heterocycles. The second kappa shape index (κ2) is 6.62. The number of carbonyl (C=O) groups is 1. The Bertz CT molecular complexity index is 365. The Hall–Kier alpha value is -1.91. The van der Waals surface area contributed by atoms with Gasteiger partial charge in [-0.1, -0.05) is 19.9 Å². The minimum absolute atomic E-state index is 0.0186. The van der Waals surface area contributed by atoms with Gasteiger partial charge in [-0.3, -0.25) is 9.78 Å². The Morgan fingerprint density at radius 3 is 2.82 bits per heavy atom. The molecule has 1 radical (unpaired) electrons. The lowest BCUT2D eigenvalue weighted by molar-refractivity contribution is 0.134. The highest BCUT2D eigenvalue weighted by Crippen LogP contribution is 2.00. The van der Waals surface area contributed by atoms with Crippen molar-refractivity contribution in [2.45, 2.75) is 26.5 Å². The van der Waals surface area contributed by atoms with Gasteiger partial charge < -0.3 is 10.1 Å². The van der Waals surface area contributed by atoms with Crippen molar-refractivity contribution in [3.05, 3.63) is 30.1 Å². The number of carbonyl (C=O) groups excluding carboxylic acids is 2. The Morgan fingerprint density at radius 2 is 2.29 bits per heavy atom. The van der Waals surface area contributed by atoms with Gasteiger partial charge in [-0.2, -0.15) is 0 Å². The van der Waals surface area contributed by atoms with Crippen LogP contribution >= 0.6 is 0 Å². The van der Waals surface area contributed by atoms with Crippen LogP contribution in [0.25, 0.3) is 0 Å². The number of rotatable bonds is 5. The van der Waals surface area contributed by atoms with Crippen LogP contribution in [0.5, 0.6) is 0 Å². The van der Waals surface area contributed by atoms with Crippen molar-refractivity contribution < 1.29 is 14.3 Å². The largest absolute Gasteiger partial charge is 0.443 e. The Labute approximate surface area is 100 Å². The molecule has 1 N–H and O–H groups in total. The highest BCUT2D eigenvalue weighted by Gasteiger charge is 2.16. The Balaban J connectivity index is 2.37. The second-order valence-electron chi connectivity index (χ2n) is 3.88. The average Bonchev–Trinajstić information content (AvgIpc) is 2.34. The summed E-state index contributed by atoms with van der Waals surface area (Å²) in [6, 6.07) is 4.68. The molecule has 1 atom stereocenters. The van der Waals surface area contributed by atoms with Crippen LogP contribution in [0.1, 0.15) is 19.5 Å². The van der Waals surface area contributed by atoms with E-state index in [2.05, 4.69) is 10.3 Å². The van der Waals surface area contributed by atoms with Crippen LogP contribution in [0, 0.1) is 5.92 Å². The smallest absolute Gasteiger partial charge is 0.408 e.